The zero-order chi connectivity index (χ0) is 9.56. The Bertz CT molecular complexity index is 212. The molecule has 0 aliphatic rings. The molecule has 0 unspecified atom stereocenters. The Balaban J connectivity index is 3.79. The molecular formula is C8H10O4. The molecule has 0 rings (SSSR count). The van der Waals surface area contributed by atoms with E-state index in [0.29, 0.717) is 0 Å². The van der Waals surface area contributed by atoms with Gasteiger partial charge in [-0.25, -0.2) is 9.59 Å². The van der Waals surface area contributed by atoms with Crippen LogP contribution in [0.25, 0.3) is 0 Å². The number of carbonyl (C=O) groups excluding carboxylic acids is 2. The first kappa shape index (κ1) is 10.5. The molecule has 0 atom stereocenters. The van der Waals surface area contributed by atoms with Crippen molar-refractivity contribution in [1.29, 1.82) is 0 Å². The third-order valence-electron chi connectivity index (χ3n) is 0.796. The highest BCUT2D eigenvalue weighted by Gasteiger charge is 2.17. The molecule has 0 bridgehead atoms. The summed E-state index contributed by atoms with van der Waals surface area (Å²) in [6, 6.07) is 0. The zero-order valence-corrected chi connectivity index (χ0v) is 6.99. The Morgan fingerprint density at radius 2 is 2.00 bits per heavy atom. The van der Waals surface area contributed by atoms with E-state index in [1.54, 1.807) is 13.8 Å². The molecule has 66 valence electrons. The second-order valence-corrected chi connectivity index (χ2v) is 2.23. The van der Waals surface area contributed by atoms with Gasteiger partial charge in [-0.05, 0) is 13.8 Å². The molecule has 0 saturated carbocycles. The second kappa shape index (κ2) is 5.19. The van der Waals surface area contributed by atoms with Gasteiger partial charge in [0.25, 0.3) is 0 Å². The second-order valence-electron chi connectivity index (χ2n) is 2.23. The lowest BCUT2D eigenvalue weighted by atomic mass is 10.5. The van der Waals surface area contributed by atoms with Crippen molar-refractivity contribution in [2.75, 3.05) is 6.61 Å². The molecule has 0 aliphatic carbocycles. The normalized spacial score (nSPS) is 8.83. The lowest BCUT2D eigenvalue weighted by molar-refractivity contribution is -0.169. The van der Waals surface area contributed by atoms with Gasteiger partial charge in [0.1, 0.15) is 0 Å². The summed E-state index contributed by atoms with van der Waals surface area (Å²) in [6.45, 7) is 3.05. The number of ether oxygens (including phenoxy) is 2. The van der Waals surface area contributed by atoms with E-state index in [-0.39, 0.29) is 12.7 Å². The van der Waals surface area contributed by atoms with Crippen LogP contribution in [0.5, 0.6) is 0 Å². The highest BCUT2D eigenvalue weighted by molar-refractivity contribution is 6.29. The number of esters is 2. The summed E-state index contributed by atoms with van der Waals surface area (Å²) in [4.78, 5) is 21.3. The molecule has 0 heterocycles. The van der Waals surface area contributed by atoms with Crippen molar-refractivity contribution in [3.63, 3.8) is 0 Å². The lowest BCUT2D eigenvalue weighted by Crippen LogP contribution is -2.23. The van der Waals surface area contributed by atoms with E-state index in [2.05, 4.69) is 15.4 Å². The highest BCUT2D eigenvalue weighted by atomic mass is 16.6. The van der Waals surface area contributed by atoms with E-state index in [4.69, 9.17) is 6.42 Å². The van der Waals surface area contributed by atoms with Gasteiger partial charge in [0.05, 0.1) is 6.10 Å². The van der Waals surface area contributed by atoms with E-state index in [9.17, 15) is 9.59 Å². The maximum atomic E-state index is 10.7. The largest absolute Gasteiger partial charge is 0.455 e. The Morgan fingerprint density at radius 1 is 1.42 bits per heavy atom. The minimum atomic E-state index is -1.05. The summed E-state index contributed by atoms with van der Waals surface area (Å²) in [5.41, 5.74) is 0. The highest BCUT2D eigenvalue weighted by Crippen LogP contribution is 1.90. The summed E-state index contributed by atoms with van der Waals surface area (Å²) >= 11 is 0. The van der Waals surface area contributed by atoms with Gasteiger partial charge in [0, 0.05) is 0 Å². The van der Waals surface area contributed by atoms with Gasteiger partial charge >= 0.3 is 11.9 Å². The molecule has 0 N–H and O–H groups in total. The first-order valence-corrected chi connectivity index (χ1v) is 3.39. The predicted octanol–water partition coefficient (Wildman–Crippen LogP) is 0.114. The predicted molar refractivity (Wildman–Crippen MR) is 41.0 cm³/mol. The summed E-state index contributed by atoms with van der Waals surface area (Å²) in [5.74, 6) is -0.0117. The maximum absolute atomic E-state index is 10.7. The van der Waals surface area contributed by atoms with Crippen LogP contribution in [0.3, 0.4) is 0 Å². The van der Waals surface area contributed by atoms with Crippen molar-refractivity contribution in [2.45, 2.75) is 20.0 Å². The Morgan fingerprint density at radius 3 is 2.42 bits per heavy atom. The summed E-state index contributed by atoms with van der Waals surface area (Å²) in [6.07, 6.45) is 4.46. The smallest absolute Gasteiger partial charge is 0.418 e. The summed E-state index contributed by atoms with van der Waals surface area (Å²) in [5, 5.41) is 0. The van der Waals surface area contributed by atoms with Crippen molar-refractivity contribution in [2.24, 2.45) is 0 Å². The quantitative estimate of drug-likeness (QED) is 0.335. The molecule has 0 aromatic carbocycles. The third kappa shape index (κ3) is 4.34. The Labute approximate surface area is 70.8 Å². The van der Waals surface area contributed by atoms with Crippen molar-refractivity contribution in [3.8, 4) is 12.3 Å². The molecular weight excluding hydrogens is 160 g/mol. The van der Waals surface area contributed by atoms with E-state index >= 15 is 0 Å². The van der Waals surface area contributed by atoms with Gasteiger partial charge < -0.3 is 9.47 Å². The first-order chi connectivity index (χ1) is 5.57. The van der Waals surface area contributed by atoms with Crippen molar-refractivity contribution < 1.29 is 19.1 Å². The van der Waals surface area contributed by atoms with Crippen molar-refractivity contribution in [1.82, 2.24) is 0 Å². The van der Waals surface area contributed by atoms with Crippen LogP contribution in [0.1, 0.15) is 13.8 Å². The van der Waals surface area contributed by atoms with Gasteiger partial charge in [-0.3, -0.25) is 0 Å². The molecule has 0 saturated heterocycles. The van der Waals surface area contributed by atoms with Crippen molar-refractivity contribution in [3.05, 3.63) is 0 Å². The summed E-state index contributed by atoms with van der Waals surface area (Å²) < 4.78 is 8.83. The number of hydrogen-bond donors (Lipinski definition) is 0. The lowest BCUT2D eigenvalue weighted by Gasteiger charge is -2.05. The molecule has 0 radical (unpaired) electrons. The Kier molecular flexibility index (Phi) is 4.54. The number of carbonyl (C=O) groups is 2. The maximum Gasteiger partial charge on any atom is 0.418 e. The zero-order valence-electron chi connectivity index (χ0n) is 6.99. The molecule has 0 aromatic rings. The van der Waals surface area contributed by atoms with Gasteiger partial charge in [-0.15, -0.1) is 6.42 Å². The van der Waals surface area contributed by atoms with Gasteiger partial charge in [0.2, 0.25) is 0 Å². The van der Waals surface area contributed by atoms with Crippen LogP contribution < -0.4 is 0 Å². The minimum absolute atomic E-state index is 0.216. The van der Waals surface area contributed by atoms with Crippen LogP contribution in [-0.2, 0) is 19.1 Å². The molecule has 0 amide bonds. The average Bonchev–Trinajstić information content (AvgIpc) is 1.98. The fourth-order valence-electron chi connectivity index (χ4n) is 0.428. The van der Waals surface area contributed by atoms with E-state index in [1.807, 2.05) is 0 Å². The average molecular weight is 170 g/mol. The van der Waals surface area contributed by atoms with Crippen LogP contribution in [0.15, 0.2) is 0 Å². The SMILES string of the molecule is C#CCOC(=O)C(=O)OC(C)C. The molecule has 4 heteroatoms. The van der Waals surface area contributed by atoms with Gasteiger partial charge in [0.15, 0.2) is 6.61 Å². The van der Waals surface area contributed by atoms with E-state index < -0.39 is 11.9 Å². The standard InChI is InChI=1S/C8H10O4/c1-4-5-11-7(9)8(10)12-6(2)3/h1,6H,5H2,2-3H3. The van der Waals surface area contributed by atoms with Crippen molar-refractivity contribution >= 4 is 11.9 Å². The molecule has 0 aromatic heterocycles. The Hall–Kier alpha value is -1.50. The van der Waals surface area contributed by atoms with Crippen LogP contribution in [0.2, 0.25) is 0 Å². The van der Waals surface area contributed by atoms with Crippen LogP contribution in [0.4, 0.5) is 0 Å². The van der Waals surface area contributed by atoms with Gasteiger partial charge in [-0.1, -0.05) is 5.92 Å². The minimum Gasteiger partial charge on any atom is -0.455 e. The summed E-state index contributed by atoms with van der Waals surface area (Å²) in [7, 11) is 0. The van der Waals surface area contributed by atoms with E-state index in [1.165, 1.54) is 0 Å². The number of rotatable bonds is 2. The first-order valence-electron chi connectivity index (χ1n) is 3.39. The topological polar surface area (TPSA) is 52.6 Å². The van der Waals surface area contributed by atoms with Gasteiger partial charge in [-0.2, -0.15) is 0 Å². The molecule has 4 nitrogen and oxygen atoms in total. The fraction of sp³-hybridized carbons (Fsp3) is 0.500. The van der Waals surface area contributed by atoms with E-state index in [0.717, 1.165) is 0 Å². The molecule has 0 spiro atoms. The molecule has 0 fully saturated rings. The van der Waals surface area contributed by atoms with Crippen LogP contribution in [-0.4, -0.2) is 24.6 Å². The number of hydrogen-bond acceptors (Lipinski definition) is 4. The third-order valence-corrected chi connectivity index (χ3v) is 0.796. The number of terminal acetylenes is 1. The molecule has 0 aliphatic heterocycles. The fourth-order valence-corrected chi connectivity index (χ4v) is 0.428. The molecule has 12 heavy (non-hydrogen) atoms. The van der Waals surface area contributed by atoms with Crippen LogP contribution in [0, 0.1) is 12.3 Å². The monoisotopic (exact) mass is 170 g/mol. The van der Waals surface area contributed by atoms with Crippen LogP contribution >= 0.6 is 0 Å².